The molecule has 0 heterocycles. The van der Waals surface area contributed by atoms with Gasteiger partial charge in [0.15, 0.2) is 0 Å². The van der Waals surface area contributed by atoms with Crippen molar-refractivity contribution in [1.82, 2.24) is 0 Å². The van der Waals surface area contributed by atoms with Crippen molar-refractivity contribution in [3.63, 3.8) is 0 Å². The van der Waals surface area contributed by atoms with Crippen LogP contribution in [-0.2, 0) is 11.0 Å². The van der Waals surface area contributed by atoms with Gasteiger partial charge in [-0.25, -0.2) is 0 Å². The molecule has 0 radical (unpaired) electrons. The predicted molar refractivity (Wildman–Crippen MR) is 109 cm³/mol. The number of amides is 2. The smallest absolute Gasteiger partial charge is 0.376 e. The third kappa shape index (κ3) is 5.84. The molecule has 0 aliphatic rings. The Morgan fingerprint density at radius 1 is 0.733 bits per heavy atom. The van der Waals surface area contributed by atoms with E-state index in [0.717, 1.165) is 12.1 Å². The standard InChI is InChI=1S/C22H18F3N3O2/c23-22(24,25)16-8-4-10-18(12-16)27-20(29)14-26-17-9-5-11-19(13-17)28-21(30)15-6-2-1-3-7-15/h1-13,26H,14H2,(H,27,29)(H,28,30). The highest BCUT2D eigenvalue weighted by Crippen LogP contribution is 2.30. The van der Waals surface area contributed by atoms with Gasteiger partial charge < -0.3 is 16.0 Å². The summed E-state index contributed by atoms with van der Waals surface area (Å²) in [6, 6.07) is 19.9. The van der Waals surface area contributed by atoms with Crippen LogP contribution < -0.4 is 16.0 Å². The minimum atomic E-state index is -4.48. The summed E-state index contributed by atoms with van der Waals surface area (Å²) in [4.78, 5) is 24.3. The van der Waals surface area contributed by atoms with Gasteiger partial charge in [-0.05, 0) is 48.5 Å². The van der Waals surface area contributed by atoms with E-state index >= 15 is 0 Å². The fraction of sp³-hybridized carbons (Fsp3) is 0.0909. The summed E-state index contributed by atoms with van der Waals surface area (Å²) < 4.78 is 38.3. The average Bonchev–Trinajstić information content (AvgIpc) is 2.73. The second kappa shape index (κ2) is 9.13. The van der Waals surface area contributed by atoms with Crippen molar-refractivity contribution in [2.75, 3.05) is 22.5 Å². The van der Waals surface area contributed by atoms with Crippen molar-refractivity contribution in [1.29, 1.82) is 0 Å². The molecule has 5 nitrogen and oxygen atoms in total. The van der Waals surface area contributed by atoms with E-state index in [0.29, 0.717) is 16.9 Å². The Hall–Kier alpha value is -3.81. The number of benzene rings is 3. The van der Waals surface area contributed by atoms with Crippen molar-refractivity contribution in [2.24, 2.45) is 0 Å². The molecule has 0 aromatic heterocycles. The molecule has 0 atom stereocenters. The number of anilines is 3. The van der Waals surface area contributed by atoms with Gasteiger partial charge in [-0.1, -0.05) is 30.3 Å². The van der Waals surface area contributed by atoms with Gasteiger partial charge in [0.05, 0.1) is 12.1 Å². The van der Waals surface area contributed by atoms with Crippen molar-refractivity contribution in [3.05, 3.63) is 90.0 Å². The van der Waals surface area contributed by atoms with Gasteiger partial charge in [-0.3, -0.25) is 9.59 Å². The second-order valence-electron chi connectivity index (χ2n) is 6.38. The molecule has 0 bridgehead atoms. The van der Waals surface area contributed by atoms with Gasteiger partial charge in [0.2, 0.25) is 5.91 Å². The van der Waals surface area contributed by atoms with E-state index in [-0.39, 0.29) is 18.1 Å². The largest absolute Gasteiger partial charge is 0.416 e. The number of hydrogen-bond acceptors (Lipinski definition) is 3. The Kier molecular flexibility index (Phi) is 6.36. The zero-order valence-corrected chi connectivity index (χ0v) is 15.7. The highest BCUT2D eigenvalue weighted by molar-refractivity contribution is 6.04. The Morgan fingerprint density at radius 2 is 1.37 bits per heavy atom. The van der Waals surface area contributed by atoms with Crippen LogP contribution in [0.15, 0.2) is 78.9 Å². The first kappa shape index (κ1) is 20.9. The topological polar surface area (TPSA) is 70.2 Å². The van der Waals surface area contributed by atoms with Crippen LogP contribution in [0.25, 0.3) is 0 Å². The predicted octanol–water partition coefficient (Wildman–Crippen LogP) is 5.01. The Morgan fingerprint density at radius 3 is 2.07 bits per heavy atom. The summed E-state index contributed by atoms with van der Waals surface area (Å²) in [5, 5.41) is 8.06. The Bertz CT molecular complexity index is 1040. The molecule has 0 fully saturated rings. The molecule has 0 unspecified atom stereocenters. The molecule has 3 rings (SSSR count). The normalized spacial score (nSPS) is 10.9. The first-order valence-corrected chi connectivity index (χ1v) is 8.99. The number of halogens is 3. The van der Waals surface area contributed by atoms with Crippen molar-refractivity contribution >= 4 is 28.9 Å². The van der Waals surface area contributed by atoms with Crippen LogP contribution in [-0.4, -0.2) is 18.4 Å². The minimum absolute atomic E-state index is 0.0560. The molecule has 0 spiro atoms. The molecule has 0 saturated carbocycles. The summed E-state index contributed by atoms with van der Waals surface area (Å²) in [5.74, 6) is -0.775. The molecule has 3 aromatic carbocycles. The number of rotatable bonds is 6. The maximum Gasteiger partial charge on any atom is 0.416 e. The zero-order chi connectivity index (χ0) is 21.6. The second-order valence-corrected chi connectivity index (χ2v) is 6.38. The van der Waals surface area contributed by atoms with Crippen LogP contribution in [0.1, 0.15) is 15.9 Å². The molecular weight excluding hydrogens is 395 g/mol. The number of carbonyl (C=O) groups excluding carboxylic acids is 2. The van der Waals surface area contributed by atoms with Gasteiger partial charge >= 0.3 is 6.18 Å². The molecule has 0 saturated heterocycles. The Labute approximate surface area is 170 Å². The average molecular weight is 413 g/mol. The Balaban J connectivity index is 1.56. The number of nitrogens with one attached hydrogen (secondary N) is 3. The van der Waals surface area contributed by atoms with Crippen LogP contribution in [0.5, 0.6) is 0 Å². The molecule has 3 N–H and O–H groups in total. The van der Waals surface area contributed by atoms with Gasteiger partial charge in [0, 0.05) is 22.6 Å². The van der Waals surface area contributed by atoms with E-state index in [9.17, 15) is 22.8 Å². The molecule has 0 aliphatic carbocycles. The summed E-state index contributed by atoms with van der Waals surface area (Å²) in [6.45, 7) is -0.160. The molecular formula is C22H18F3N3O2. The van der Waals surface area contributed by atoms with Crippen LogP contribution in [0.3, 0.4) is 0 Å². The highest BCUT2D eigenvalue weighted by Gasteiger charge is 2.30. The lowest BCUT2D eigenvalue weighted by molar-refractivity contribution is -0.137. The summed E-state index contributed by atoms with van der Waals surface area (Å²) >= 11 is 0. The van der Waals surface area contributed by atoms with Crippen molar-refractivity contribution in [2.45, 2.75) is 6.18 Å². The first-order valence-electron chi connectivity index (χ1n) is 8.99. The van der Waals surface area contributed by atoms with Crippen LogP contribution in [0.2, 0.25) is 0 Å². The van der Waals surface area contributed by atoms with Crippen LogP contribution in [0.4, 0.5) is 30.2 Å². The maximum atomic E-state index is 12.8. The summed E-state index contributed by atoms with van der Waals surface area (Å²) in [7, 11) is 0. The molecule has 30 heavy (non-hydrogen) atoms. The zero-order valence-electron chi connectivity index (χ0n) is 15.7. The minimum Gasteiger partial charge on any atom is -0.376 e. The molecule has 2 amide bonds. The van der Waals surface area contributed by atoms with E-state index in [4.69, 9.17) is 0 Å². The van der Waals surface area contributed by atoms with E-state index in [1.807, 2.05) is 6.07 Å². The molecule has 154 valence electrons. The van der Waals surface area contributed by atoms with Crippen molar-refractivity contribution < 1.29 is 22.8 Å². The monoisotopic (exact) mass is 413 g/mol. The SMILES string of the molecule is O=C(CNc1cccc(NC(=O)c2ccccc2)c1)Nc1cccc(C(F)(F)F)c1. The van der Waals surface area contributed by atoms with Gasteiger partial charge in [0.25, 0.3) is 5.91 Å². The first-order chi connectivity index (χ1) is 14.3. The number of hydrogen-bond donors (Lipinski definition) is 3. The lowest BCUT2D eigenvalue weighted by Crippen LogP contribution is -2.22. The van der Waals surface area contributed by atoms with E-state index in [1.165, 1.54) is 12.1 Å². The van der Waals surface area contributed by atoms with Gasteiger partial charge in [0.1, 0.15) is 0 Å². The fourth-order valence-electron chi connectivity index (χ4n) is 2.66. The molecule has 8 heteroatoms. The maximum absolute atomic E-state index is 12.8. The lowest BCUT2D eigenvalue weighted by Gasteiger charge is -2.11. The van der Waals surface area contributed by atoms with E-state index < -0.39 is 17.6 Å². The van der Waals surface area contributed by atoms with E-state index in [2.05, 4.69) is 16.0 Å². The summed E-state index contributed by atoms with van der Waals surface area (Å²) in [6.07, 6.45) is -4.48. The highest BCUT2D eigenvalue weighted by atomic mass is 19.4. The summed E-state index contributed by atoms with van der Waals surface area (Å²) in [5.41, 5.74) is 0.833. The van der Waals surface area contributed by atoms with Gasteiger partial charge in [-0.15, -0.1) is 0 Å². The van der Waals surface area contributed by atoms with E-state index in [1.54, 1.807) is 48.5 Å². The van der Waals surface area contributed by atoms with Crippen molar-refractivity contribution in [3.8, 4) is 0 Å². The molecule has 0 aliphatic heterocycles. The fourth-order valence-corrected chi connectivity index (χ4v) is 2.66. The third-order valence-corrected chi connectivity index (χ3v) is 4.08. The number of alkyl halides is 3. The molecule has 3 aromatic rings. The third-order valence-electron chi connectivity index (χ3n) is 4.08. The lowest BCUT2D eigenvalue weighted by atomic mass is 10.2. The van der Waals surface area contributed by atoms with Crippen LogP contribution in [0, 0.1) is 0 Å². The van der Waals surface area contributed by atoms with Crippen LogP contribution >= 0.6 is 0 Å². The quantitative estimate of drug-likeness (QED) is 0.532. The van der Waals surface area contributed by atoms with Gasteiger partial charge in [-0.2, -0.15) is 13.2 Å². The number of carbonyl (C=O) groups is 2.